The molecule has 0 N–H and O–H groups in total. The van der Waals surface area contributed by atoms with Crippen molar-refractivity contribution in [3.63, 3.8) is 0 Å². The van der Waals surface area contributed by atoms with E-state index in [0.29, 0.717) is 6.42 Å². The summed E-state index contributed by atoms with van der Waals surface area (Å²) in [7, 11) is 1.66. The van der Waals surface area contributed by atoms with E-state index in [1.54, 1.807) is 7.11 Å². The number of ether oxygens (including phenoxy) is 2. The predicted octanol–water partition coefficient (Wildman–Crippen LogP) is 3.40. The maximum atomic E-state index is 11.3. The van der Waals surface area contributed by atoms with Crippen LogP contribution >= 0.6 is 0 Å². The molecule has 2 aromatic carbocycles. The van der Waals surface area contributed by atoms with Crippen LogP contribution in [0.1, 0.15) is 25.3 Å². The van der Waals surface area contributed by atoms with E-state index in [1.807, 2.05) is 37.3 Å². The molecule has 0 aromatic heterocycles. The molecule has 1 atom stereocenters. The summed E-state index contributed by atoms with van der Waals surface area (Å²) in [6, 6.07) is 12.1. The number of methoxy groups -OCH3 is 1. The maximum absolute atomic E-state index is 11.3. The molecule has 1 heterocycles. The zero-order valence-electron chi connectivity index (χ0n) is 11.1. The molecule has 0 spiro atoms. The smallest absolute Gasteiger partial charge is 0.306 e. The van der Waals surface area contributed by atoms with Gasteiger partial charge in [0.15, 0.2) is 0 Å². The summed E-state index contributed by atoms with van der Waals surface area (Å²) < 4.78 is 10.7. The average molecular weight is 256 g/mol. The number of fused-ring (bicyclic) bond motifs is 1. The van der Waals surface area contributed by atoms with Crippen LogP contribution < -0.4 is 4.74 Å². The summed E-state index contributed by atoms with van der Waals surface area (Å²) in [4.78, 5) is 11.3. The molecule has 0 saturated carbocycles. The predicted molar refractivity (Wildman–Crippen MR) is 73.2 cm³/mol. The molecule has 2 aromatic rings. The minimum atomic E-state index is -0.481. The molecular weight excluding hydrogens is 240 g/mol. The van der Waals surface area contributed by atoms with Crippen molar-refractivity contribution in [1.29, 1.82) is 0 Å². The third-order valence-electron chi connectivity index (χ3n) is 3.80. The molecule has 3 nitrogen and oxygen atoms in total. The molecule has 0 bridgehead atoms. The second-order valence-electron chi connectivity index (χ2n) is 5.13. The van der Waals surface area contributed by atoms with Crippen molar-refractivity contribution >= 4 is 16.7 Å². The minimum absolute atomic E-state index is 0.114. The maximum Gasteiger partial charge on any atom is 0.306 e. The number of benzene rings is 2. The Morgan fingerprint density at radius 1 is 1.16 bits per heavy atom. The Morgan fingerprint density at radius 2 is 1.89 bits per heavy atom. The molecule has 0 amide bonds. The fourth-order valence-electron chi connectivity index (χ4n) is 2.58. The molecule has 0 aliphatic carbocycles. The molecule has 1 aliphatic rings. The topological polar surface area (TPSA) is 35.5 Å². The van der Waals surface area contributed by atoms with E-state index < -0.39 is 5.60 Å². The molecule has 1 unspecified atom stereocenters. The quantitative estimate of drug-likeness (QED) is 0.772. The van der Waals surface area contributed by atoms with Crippen molar-refractivity contribution in [2.24, 2.45) is 0 Å². The normalized spacial score (nSPS) is 22.5. The van der Waals surface area contributed by atoms with E-state index >= 15 is 0 Å². The first-order chi connectivity index (χ1) is 9.10. The van der Waals surface area contributed by atoms with Gasteiger partial charge in [-0.2, -0.15) is 0 Å². The number of cyclic esters (lactones) is 1. The largest absolute Gasteiger partial charge is 0.497 e. The Kier molecular flexibility index (Phi) is 2.70. The van der Waals surface area contributed by atoms with Gasteiger partial charge in [0.1, 0.15) is 11.4 Å². The molecule has 1 saturated heterocycles. The van der Waals surface area contributed by atoms with Gasteiger partial charge in [-0.05, 0) is 41.5 Å². The van der Waals surface area contributed by atoms with Crippen LogP contribution in [0.2, 0.25) is 0 Å². The van der Waals surface area contributed by atoms with Crippen molar-refractivity contribution in [3.8, 4) is 5.75 Å². The van der Waals surface area contributed by atoms with Crippen molar-refractivity contribution in [2.75, 3.05) is 7.11 Å². The second kappa shape index (κ2) is 4.26. The number of rotatable bonds is 2. The van der Waals surface area contributed by atoms with E-state index in [2.05, 4.69) is 6.07 Å². The van der Waals surface area contributed by atoms with Gasteiger partial charge >= 0.3 is 5.97 Å². The van der Waals surface area contributed by atoms with E-state index in [-0.39, 0.29) is 5.97 Å². The molecule has 3 heteroatoms. The van der Waals surface area contributed by atoms with Crippen LogP contribution in [0.3, 0.4) is 0 Å². The standard InChI is InChI=1S/C16H16O3/c1-16(8-7-15(17)19-16)13-5-3-12-10-14(18-2)6-4-11(12)9-13/h3-6,9-10H,7-8H2,1-2H3. The van der Waals surface area contributed by atoms with Crippen LogP contribution in [0.15, 0.2) is 36.4 Å². The highest BCUT2D eigenvalue weighted by Gasteiger charge is 2.37. The van der Waals surface area contributed by atoms with Gasteiger partial charge in [-0.15, -0.1) is 0 Å². The number of carbonyl (C=O) groups excluding carboxylic acids is 1. The van der Waals surface area contributed by atoms with Gasteiger partial charge < -0.3 is 9.47 Å². The van der Waals surface area contributed by atoms with Crippen LogP contribution in [-0.4, -0.2) is 13.1 Å². The van der Waals surface area contributed by atoms with E-state index in [4.69, 9.17) is 9.47 Å². The van der Waals surface area contributed by atoms with Crippen molar-refractivity contribution in [3.05, 3.63) is 42.0 Å². The third kappa shape index (κ3) is 2.05. The van der Waals surface area contributed by atoms with Crippen LogP contribution in [0.4, 0.5) is 0 Å². The molecule has 98 valence electrons. The summed E-state index contributed by atoms with van der Waals surface area (Å²) >= 11 is 0. The molecule has 1 fully saturated rings. The lowest BCUT2D eigenvalue weighted by Gasteiger charge is -2.23. The van der Waals surface area contributed by atoms with Gasteiger partial charge in [0.2, 0.25) is 0 Å². The SMILES string of the molecule is COc1ccc2cc(C3(C)CCC(=O)O3)ccc2c1. The van der Waals surface area contributed by atoms with Crippen LogP contribution in [0, 0.1) is 0 Å². The van der Waals surface area contributed by atoms with E-state index in [0.717, 1.165) is 28.5 Å². The number of hydrogen-bond donors (Lipinski definition) is 0. The highest BCUT2D eigenvalue weighted by atomic mass is 16.6. The van der Waals surface area contributed by atoms with Crippen LogP contribution in [0.5, 0.6) is 5.75 Å². The Morgan fingerprint density at radius 3 is 2.58 bits per heavy atom. The first-order valence-corrected chi connectivity index (χ1v) is 6.41. The lowest BCUT2D eigenvalue weighted by atomic mass is 9.91. The monoisotopic (exact) mass is 256 g/mol. The Balaban J connectivity index is 2.05. The molecular formula is C16H16O3. The number of carbonyl (C=O) groups is 1. The van der Waals surface area contributed by atoms with Crippen molar-refractivity contribution in [2.45, 2.75) is 25.4 Å². The number of esters is 1. The lowest BCUT2D eigenvalue weighted by molar-refractivity contribution is -0.147. The summed E-state index contributed by atoms with van der Waals surface area (Å²) in [6.07, 6.45) is 1.24. The average Bonchev–Trinajstić information content (AvgIpc) is 2.78. The summed E-state index contributed by atoms with van der Waals surface area (Å²) in [5.41, 5.74) is 0.571. The van der Waals surface area contributed by atoms with E-state index in [9.17, 15) is 4.79 Å². The molecule has 19 heavy (non-hydrogen) atoms. The van der Waals surface area contributed by atoms with Gasteiger partial charge in [-0.25, -0.2) is 0 Å². The molecule has 0 radical (unpaired) electrons. The van der Waals surface area contributed by atoms with E-state index in [1.165, 1.54) is 0 Å². The zero-order valence-corrected chi connectivity index (χ0v) is 11.1. The Labute approximate surface area is 112 Å². The summed E-state index contributed by atoms with van der Waals surface area (Å²) in [5, 5.41) is 2.25. The highest BCUT2D eigenvalue weighted by molar-refractivity contribution is 5.85. The van der Waals surface area contributed by atoms with Crippen LogP contribution in [0.25, 0.3) is 10.8 Å². The zero-order chi connectivity index (χ0) is 13.5. The fourth-order valence-corrected chi connectivity index (χ4v) is 2.58. The molecule has 3 rings (SSSR count). The van der Waals surface area contributed by atoms with Gasteiger partial charge in [-0.1, -0.05) is 18.2 Å². The lowest BCUT2D eigenvalue weighted by Crippen LogP contribution is -2.20. The minimum Gasteiger partial charge on any atom is -0.497 e. The van der Waals surface area contributed by atoms with Gasteiger partial charge in [0, 0.05) is 12.8 Å². The number of hydrogen-bond acceptors (Lipinski definition) is 3. The molecule has 1 aliphatic heterocycles. The van der Waals surface area contributed by atoms with Crippen molar-refractivity contribution in [1.82, 2.24) is 0 Å². The Bertz CT molecular complexity index is 647. The van der Waals surface area contributed by atoms with Gasteiger partial charge in [0.05, 0.1) is 7.11 Å². The second-order valence-corrected chi connectivity index (χ2v) is 5.13. The summed E-state index contributed by atoms with van der Waals surface area (Å²) in [5.74, 6) is 0.732. The van der Waals surface area contributed by atoms with Crippen LogP contribution in [-0.2, 0) is 15.1 Å². The Hall–Kier alpha value is -2.03. The summed E-state index contributed by atoms with van der Waals surface area (Å²) in [6.45, 7) is 1.97. The van der Waals surface area contributed by atoms with Gasteiger partial charge in [0.25, 0.3) is 0 Å². The highest BCUT2D eigenvalue weighted by Crippen LogP contribution is 2.37. The third-order valence-corrected chi connectivity index (χ3v) is 3.80. The van der Waals surface area contributed by atoms with Crippen molar-refractivity contribution < 1.29 is 14.3 Å². The fraction of sp³-hybridized carbons (Fsp3) is 0.312. The first kappa shape index (κ1) is 12.0. The van der Waals surface area contributed by atoms with Gasteiger partial charge in [-0.3, -0.25) is 4.79 Å². The first-order valence-electron chi connectivity index (χ1n) is 6.41.